The Bertz CT molecular complexity index is 5730. The summed E-state index contributed by atoms with van der Waals surface area (Å²) < 4.78 is 44.8. The number of nitrogen functional groups attached to an aromatic ring is 2. The third-order valence-corrected chi connectivity index (χ3v) is 16.4. The van der Waals surface area contributed by atoms with Crippen molar-refractivity contribution in [2.45, 2.75) is 38.9 Å². The van der Waals surface area contributed by atoms with Crippen LogP contribution in [-0.2, 0) is 0 Å². The van der Waals surface area contributed by atoms with Gasteiger partial charge in [0.05, 0.1) is 58.6 Å². The molecule has 0 fully saturated rings. The number of aromatic nitrogens is 10. The first-order valence-electron chi connectivity index (χ1n) is 31.6. The van der Waals surface area contributed by atoms with Crippen LogP contribution >= 0.6 is 23.2 Å². The summed E-state index contributed by atoms with van der Waals surface area (Å²) in [6.07, 6.45) is 10.2. The summed E-state index contributed by atoms with van der Waals surface area (Å²) in [5, 5.41) is 32.8. The first kappa shape index (κ1) is 73.9. The van der Waals surface area contributed by atoms with Gasteiger partial charge in [0, 0.05) is 87.6 Å². The minimum absolute atomic E-state index is 0.0319. The highest BCUT2D eigenvalue weighted by Crippen LogP contribution is 2.34. The van der Waals surface area contributed by atoms with E-state index in [2.05, 4.69) is 45.0 Å². The molecule has 0 aliphatic heterocycles. The van der Waals surface area contributed by atoms with Crippen molar-refractivity contribution in [2.75, 3.05) is 16.8 Å². The van der Waals surface area contributed by atoms with Gasteiger partial charge in [-0.1, -0.05) is 126 Å². The van der Waals surface area contributed by atoms with Gasteiger partial charge in [0.1, 0.15) is 34.9 Å². The lowest BCUT2D eigenvalue weighted by molar-refractivity contribution is 0.425. The SMILES string of the molecule is C[C@H](N)c1cc2cccc(-c3cncc(F)c3)c2c(=O)n1-c1ccccc1.C[C@H](N)c1cc2cccc(Cl)c2c(=O)n1-c1ccccc1.N#Cc1cnc(N)nc1Cl.OB(O)c1cncc(F)c1.[C-]#[N+]c1cnc(N)nc1N[C@@H](C)c1cc2cccc(-c3cncc(F)c3)c2c(=O)n1-c1ccccc1. The Morgan fingerprint density at radius 3 is 1.37 bits per heavy atom. The maximum atomic E-state index is 14.1. The maximum absolute atomic E-state index is 14.1. The summed E-state index contributed by atoms with van der Waals surface area (Å²) >= 11 is 11.7. The van der Waals surface area contributed by atoms with Gasteiger partial charge in [-0.25, -0.2) is 33.0 Å². The number of nitrogens with one attached hydrogen (secondary N) is 1. The predicted octanol–water partition coefficient (Wildman–Crippen LogP) is 12.6. The fourth-order valence-electron chi connectivity index (χ4n) is 11.1. The zero-order valence-corrected chi connectivity index (χ0v) is 56.9. The van der Waals surface area contributed by atoms with Gasteiger partial charge in [0.15, 0.2) is 5.15 Å². The molecule has 8 heterocycles. The number of fused-ring (bicyclic) bond motifs is 3. The van der Waals surface area contributed by atoms with Crippen LogP contribution in [0.1, 0.15) is 61.5 Å². The molecule has 0 bridgehead atoms. The van der Waals surface area contributed by atoms with E-state index in [1.807, 2.05) is 172 Å². The maximum Gasteiger partial charge on any atom is 0.490 e. The Hall–Kier alpha value is -12.8. The Morgan fingerprint density at radius 2 is 0.942 bits per heavy atom. The number of rotatable bonds is 11. The number of hydrogen-bond acceptors (Lipinski definition) is 18. The normalized spacial score (nSPS) is 11.5. The van der Waals surface area contributed by atoms with Crippen molar-refractivity contribution in [3.63, 3.8) is 0 Å². The molecule has 518 valence electrons. The molecule has 22 nitrogen and oxygen atoms in total. The minimum atomic E-state index is -1.65. The van der Waals surface area contributed by atoms with Gasteiger partial charge >= 0.3 is 7.12 Å². The van der Waals surface area contributed by atoms with E-state index in [-0.39, 0.29) is 68.3 Å². The summed E-state index contributed by atoms with van der Waals surface area (Å²) in [5.74, 6) is -1.13. The Morgan fingerprint density at radius 1 is 0.529 bits per heavy atom. The summed E-state index contributed by atoms with van der Waals surface area (Å²) in [6.45, 7) is 13.0. The molecule has 0 radical (unpaired) electrons. The molecular formula is C76H61BCl2F3N17O5. The van der Waals surface area contributed by atoms with Crippen molar-refractivity contribution >= 4 is 91.5 Å². The lowest BCUT2D eigenvalue weighted by Gasteiger charge is -2.22. The number of nitriles is 1. The predicted molar refractivity (Wildman–Crippen MR) is 400 cm³/mol. The molecule has 11 N–H and O–H groups in total. The van der Waals surface area contributed by atoms with Crippen LogP contribution in [0.25, 0.3) is 76.5 Å². The first-order chi connectivity index (χ1) is 50.0. The summed E-state index contributed by atoms with van der Waals surface area (Å²) in [5.41, 5.74) is 29.6. The average molecular weight is 1430 g/mol. The van der Waals surface area contributed by atoms with Crippen LogP contribution in [0.2, 0.25) is 10.2 Å². The van der Waals surface area contributed by atoms with Gasteiger partial charge in [0.25, 0.3) is 16.7 Å². The van der Waals surface area contributed by atoms with Gasteiger partial charge in [-0.05, 0) is 127 Å². The number of benzene rings is 6. The van der Waals surface area contributed by atoms with Crippen LogP contribution in [0, 0.1) is 35.4 Å². The Balaban J connectivity index is 0.000000151. The van der Waals surface area contributed by atoms with E-state index in [9.17, 15) is 27.6 Å². The lowest BCUT2D eigenvalue weighted by Crippen LogP contribution is -2.30. The molecule has 0 unspecified atom stereocenters. The van der Waals surface area contributed by atoms with E-state index < -0.39 is 30.6 Å². The largest absolute Gasteiger partial charge is 0.490 e. The standard InChI is InChI=1S/C27H20FN7O.C22H18FN3O.C17H15ClN2O.C5H5BFNO2.C5H3ClN4/c1-16(33-25-22(30-2)15-32-27(29)34-25)23-12-17-7-6-10-21(18-11-19(28)14-31-13-18)24(17)26(36)35(23)20-8-4-3-5-9-20;1-14(24)20-11-15-6-5-9-19(16-10-17(23)13-25-12-16)21(15)22(27)26(20)18-7-3-2-4-8-18;1-11(19)15-10-12-6-5-9-14(18)16(12)17(21)20(15)13-7-3-2-4-8-13;7-5-1-4(6(9)10)2-8-3-5;6-4-3(1-7)2-9-5(8)10-4/h3-16H,1H3,(H3,29,32,33,34);2-14H,24H2,1H3;2-11H,19H2,1H3;1-3,9-10H;2H,(H2,8,9,10)/t16-;14-;11-;;/m000../s1. The third-order valence-electron chi connectivity index (χ3n) is 15.8. The van der Waals surface area contributed by atoms with E-state index in [4.69, 9.17) is 68.0 Å². The molecule has 0 aliphatic carbocycles. The monoisotopic (exact) mass is 1430 g/mol. The van der Waals surface area contributed by atoms with E-state index >= 15 is 0 Å². The zero-order valence-electron chi connectivity index (χ0n) is 55.4. The molecule has 0 spiro atoms. The molecular weight excluding hydrogens is 1370 g/mol. The second-order valence-electron chi connectivity index (χ2n) is 23.0. The fourth-order valence-corrected chi connectivity index (χ4v) is 11.5. The number of para-hydroxylation sites is 3. The number of pyridine rings is 6. The summed E-state index contributed by atoms with van der Waals surface area (Å²) in [4.78, 5) is 70.4. The van der Waals surface area contributed by atoms with Crippen molar-refractivity contribution < 1.29 is 23.2 Å². The molecule has 0 saturated carbocycles. The first-order valence-corrected chi connectivity index (χ1v) is 32.3. The van der Waals surface area contributed by atoms with Gasteiger partial charge in [-0.2, -0.15) is 10.2 Å². The van der Waals surface area contributed by atoms with Crippen LogP contribution < -0.4 is 50.4 Å². The van der Waals surface area contributed by atoms with E-state index in [0.29, 0.717) is 65.9 Å². The highest BCUT2D eigenvalue weighted by Gasteiger charge is 2.23. The van der Waals surface area contributed by atoms with Gasteiger partial charge in [0.2, 0.25) is 17.6 Å². The van der Waals surface area contributed by atoms with Crippen molar-refractivity contribution in [3.05, 3.63) is 324 Å². The molecule has 0 amide bonds. The fraction of sp³-hybridized carbons (Fsp3) is 0.0789. The van der Waals surface area contributed by atoms with Crippen molar-refractivity contribution in [2.24, 2.45) is 11.5 Å². The number of halogens is 5. The molecule has 3 atom stereocenters. The van der Waals surface area contributed by atoms with E-state index in [1.165, 1.54) is 36.9 Å². The quantitative estimate of drug-likeness (QED) is 0.0359. The molecule has 8 aromatic heterocycles. The van der Waals surface area contributed by atoms with E-state index in [0.717, 1.165) is 52.5 Å². The van der Waals surface area contributed by atoms with Gasteiger partial charge < -0.3 is 38.3 Å². The Kier molecular flexibility index (Phi) is 23.9. The molecule has 14 aromatic rings. The average Bonchev–Trinajstić information content (AvgIpc) is 0.750. The highest BCUT2D eigenvalue weighted by atomic mass is 35.5. The summed E-state index contributed by atoms with van der Waals surface area (Å²) in [6, 6.07) is 54.8. The van der Waals surface area contributed by atoms with Crippen molar-refractivity contribution in [3.8, 4) is 45.4 Å². The third kappa shape index (κ3) is 17.1. The smallest absolute Gasteiger partial charge is 0.423 e. The lowest BCUT2D eigenvalue weighted by atomic mass is 9.82. The number of nitrogens with two attached hydrogens (primary N) is 4. The molecule has 0 aliphatic rings. The topological polar surface area (TPSA) is 341 Å². The van der Waals surface area contributed by atoms with Crippen LogP contribution in [0.3, 0.4) is 0 Å². The number of hydrogen-bond donors (Lipinski definition) is 7. The minimum Gasteiger partial charge on any atom is -0.423 e. The van der Waals surface area contributed by atoms with Crippen LogP contribution in [-0.4, -0.2) is 65.8 Å². The van der Waals surface area contributed by atoms with Gasteiger partial charge in [-0.15, -0.1) is 0 Å². The van der Waals surface area contributed by atoms with Crippen LogP contribution in [0.15, 0.2) is 246 Å². The molecule has 104 heavy (non-hydrogen) atoms. The van der Waals surface area contributed by atoms with Crippen LogP contribution in [0.4, 0.5) is 36.6 Å². The Labute approximate surface area is 602 Å². The molecule has 14 rings (SSSR count). The highest BCUT2D eigenvalue weighted by molar-refractivity contribution is 6.58. The second kappa shape index (κ2) is 33.6. The number of anilines is 3. The van der Waals surface area contributed by atoms with Crippen molar-refractivity contribution in [1.82, 2.24) is 48.6 Å². The molecule has 6 aromatic carbocycles. The molecule has 28 heteroatoms. The number of nitrogens with zero attached hydrogens (tertiary/aromatic N) is 12. The zero-order chi connectivity index (χ0) is 74.3. The van der Waals surface area contributed by atoms with E-state index in [1.54, 1.807) is 38.1 Å². The summed E-state index contributed by atoms with van der Waals surface area (Å²) in [7, 11) is -1.65. The van der Waals surface area contributed by atoms with Crippen LogP contribution in [0.5, 0.6) is 0 Å². The van der Waals surface area contributed by atoms with Crippen molar-refractivity contribution in [1.29, 1.82) is 5.26 Å². The molecule has 0 saturated heterocycles. The second-order valence-corrected chi connectivity index (χ2v) is 23.8. The van der Waals surface area contributed by atoms with Gasteiger partial charge in [-0.3, -0.25) is 43.0 Å².